The number of carbonyl (C=O) groups excluding carboxylic acids is 1. The lowest BCUT2D eigenvalue weighted by atomic mass is 10.1. The van der Waals surface area contributed by atoms with Gasteiger partial charge >= 0.3 is 5.97 Å². The third-order valence-corrected chi connectivity index (χ3v) is 4.71. The van der Waals surface area contributed by atoms with Crippen LogP contribution in [0.15, 0.2) is 54.6 Å². The molecule has 0 atom stereocenters. The van der Waals surface area contributed by atoms with Crippen molar-refractivity contribution in [2.24, 2.45) is 0 Å². The number of nitrogens with one attached hydrogen (secondary N) is 1. The molecule has 0 saturated heterocycles. The molecule has 0 aliphatic heterocycles. The minimum Gasteiger partial charge on any atom is -0.478 e. The van der Waals surface area contributed by atoms with E-state index in [0.717, 1.165) is 6.07 Å². The van der Waals surface area contributed by atoms with Crippen molar-refractivity contribution in [1.29, 1.82) is 0 Å². The number of ether oxygens (including phenoxy) is 1. The van der Waals surface area contributed by atoms with E-state index in [1.165, 1.54) is 42.5 Å². The van der Waals surface area contributed by atoms with E-state index >= 15 is 0 Å². The Labute approximate surface area is 175 Å². The van der Waals surface area contributed by atoms with Crippen LogP contribution in [-0.2, 0) is 0 Å². The highest BCUT2D eigenvalue weighted by Gasteiger charge is 2.18. The fourth-order valence-electron chi connectivity index (χ4n) is 2.49. The lowest BCUT2D eigenvalue weighted by Gasteiger charge is -2.14. The first-order valence-electron chi connectivity index (χ1n) is 8.32. The lowest BCUT2D eigenvalue weighted by molar-refractivity contribution is 0.0696. The topological polar surface area (TPSA) is 75.6 Å². The maximum Gasteiger partial charge on any atom is 0.335 e. The fourth-order valence-corrected chi connectivity index (χ4v) is 2.86. The number of hydrogen-bond donors (Lipinski definition) is 2. The van der Waals surface area contributed by atoms with Crippen molar-refractivity contribution >= 4 is 40.8 Å². The number of hydrogen-bond acceptors (Lipinski definition) is 3. The Kier molecular flexibility index (Phi) is 6.06. The van der Waals surface area contributed by atoms with Crippen LogP contribution in [-0.4, -0.2) is 17.0 Å². The zero-order chi connectivity index (χ0) is 21.1. The first kappa shape index (κ1) is 20.6. The van der Waals surface area contributed by atoms with Gasteiger partial charge in [0.2, 0.25) is 0 Å². The first-order valence-corrected chi connectivity index (χ1v) is 9.08. The third kappa shape index (κ3) is 4.85. The SMILES string of the molecule is Cc1cc(Oc2ccc(F)cc2Cl)c(C(=O)Nc2ccc(C(=O)O)cc2)cc1Cl. The summed E-state index contributed by atoms with van der Waals surface area (Å²) >= 11 is 12.2. The standard InChI is InChI=1S/C21H14Cl2FNO4/c1-11-8-19(29-18-7-4-13(24)9-17(18)23)15(10-16(11)22)20(26)25-14-5-2-12(3-6-14)21(27)28/h2-10H,1H3,(H,25,26)(H,27,28). The number of amides is 1. The summed E-state index contributed by atoms with van der Waals surface area (Å²) in [6.45, 7) is 1.74. The molecule has 0 aliphatic carbocycles. The molecule has 0 unspecified atom stereocenters. The van der Waals surface area contributed by atoms with Gasteiger partial charge in [0, 0.05) is 10.7 Å². The molecule has 148 valence electrons. The molecule has 5 nitrogen and oxygen atoms in total. The number of rotatable bonds is 5. The predicted molar refractivity (Wildman–Crippen MR) is 109 cm³/mol. The van der Waals surface area contributed by atoms with Crippen LogP contribution in [0.2, 0.25) is 10.0 Å². The van der Waals surface area contributed by atoms with Crippen molar-refractivity contribution in [3.05, 3.63) is 87.2 Å². The molecule has 0 aromatic heterocycles. The molecular formula is C21H14Cl2FNO4. The molecular weight excluding hydrogens is 420 g/mol. The van der Waals surface area contributed by atoms with Crippen LogP contribution in [0.3, 0.4) is 0 Å². The number of carbonyl (C=O) groups is 2. The van der Waals surface area contributed by atoms with E-state index in [4.69, 9.17) is 33.0 Å². The van der Waals surface area contributed by atoms with Crippen molar-refractivity contribution in [3.63, 3.8) is 0 Å². The van der Waals surface area contributed by atoms with Crippen LogP contribution in [0.4, 0.5) is 10.1 Å². The van der Waals surface area contributed by atoms with Crippen LogP contribution >= 0.6 is 23.2 Å². The van der Waals surface area contributed by atoms with Crippen molar-refractivity contribution in [2.45, 2.75) is 6.92 Å². The molecule has 0 radical (unpaired) electrons. The molecule has 29 heavy (non-hydrogen) atoms. The summed E-state index contributed by atoms with van der Waals surface area (Å²) in [5.41, 5.74) is 1.28. The van der Waals surface area contributed by atoms with Gasteiger partial charge in [-0.2, -0.15) is 0 Å². The van der Waals surface area contributed by atoms with Gasteiger partial charge < -0.3 is 15.2 Å². The monoisotopic (exact) mass is 433 g/mol. The molecule has 3 aromatic carbocycles. The highest BCUT2D eigenvalue weighted by atomic mass is 35.5. The summed E-state index contributed by atoms with van der Waals surface area (Å²) in [6, 6.07) is 12.3. The number of anilines is 1. The molecule has 3 rings (SSSR count). The Morgan fingerprint density at radius 2 is 1.66 bits per heavy atom. The Morgan fingerprint density at radius 1 is 0.966 bits per heavy atom. The Morgan fingerprint density at radius 3 is 2.28 bits per heavy atom. The molecule has 0 heterocycles. The second kappa shape index (κ2) is 8.51. The summed E-state index contributed by atoms with van der Waals surface area (Å²) in [6.07, 6.45) is 0. The van der Waals surface area contributed by atoms with Gasteiger partial charge in [0.1, 0.15) is 17.3 Å². The highest BCUT2D eigenvalue weighted by Crippen LogP contribution is 2.34. The Balaban J connectivity index is 1.92. The minimum atomic E-state index is -1.07. The maximum atomic E-state index is 13.3. The lowest BCUT2D eigenvalue weighted by Crippen LogP contribution is -2.13. The fraction of sp³-hybridized carbons (Fsp3) is 0.0476. The van der Waals surface area contributed by atoms with Crippen molar-refractivity contribution in [1.82, 2.24) is 0 Å². The van der Waals surface area contributed by atoms with Crippen LogP contribution in [0.1, 0.15) is 26.3 Å². The molecule has 0 fully saturated rings. The van der Waals surface area contributed by atoms with Gasteiger partial charge in [-0.05, 0) is 67.1 Å². The van der Waals surface area contributed by atoms with Crippen LogP contribution in [0, 0.1) is 12.7 Å². The highest BCUT2D eigenvalue weighted by molar-refractivity contribution is 6.32. The van der Waals surface area contributed by atoms with E-state index in [2.05, 4.69) is 5.32 Å². The molecule has 1 amide bonds. The number of benzene rings is 3. The van der Waals surface area contributed by atoms with Gasteiger partial charge in [0.25, 0.3) is 5.91 Å². The van der Waals surface area contributed by atoms with Gasteiger partial charge in [-0.1, -0.05) is 23.2 Å². The van der Waals surface area contributed by atoms with Gasteiger partial charge in [0.15, 0.2) is 0 Å². The number of carboxylic acid groups (broad SMARTS) is 1. The van der Waals surface area contributed by atoms with Gasteiger partial charge in [-0.15, -0.1) is 0 Å². The summed E-state index contributed by atoms with van der Waals surface area (Å²) in [4.78, 5) is 23.7. The summed E-state index contributed by atoms with van der Waals surface area (Å²) < 4.78 is 19.0. The van der Waals surface area contributed by atoms with Crippen LogP contribution < -0.4 is 10.1 Å². The van der Waals surface area contributed by atoms with Crippen molar-refractivity contribution in [2.75, 3.05) is 5.32 Å². The molecule has 3 aromatic rings. The second-order valence-corrected chi connectivity index (χ2v) is 6.93. The zero-order valence-electron chi connectivity index (χ0n) is 15.0. The molecule has 2 N–H and O–H groups in total. The average molecular weight is 434 g/mol. The maximum absolute atomic E-state index is 13.3. The smallest absolute Gasteiger partial charge is 0.335 e. The van der Waals surface area contributed by atoms with Crippen molar-refractivity contribution in [3.8, 4) is 11.5 Å². The summed E-state index contributed by atoms with van der Waals surface area (Å²) in [5, 5.41) is 12.0. The number of aromatic carboxylic acids is 1. The van der Waals surface area contributed by atoms with E-state index in [-0.39, 0.29) is 27.6 Å². The second-order valence-electron chi connectivity index (χ2n) is 6.11. The van der Waals surface area contributed by atoms with E-state index in [1.807, 2.05) is 0 Å². The molecule has 8 heteroatoms. The van der Waals surface area contributed by atoms with Crippen LogP contribution in [0.25, 0.3) is 0 Å². The molecule has 0 bridgehead atoms. The zero-order valence-corrected chi connectivity index (χ0v) is 16.5. The largest absolute Gasteiger partial charge is 0.478 e. The van der Waals surface area contributed by atoms with Crippen molar-refractivity contribution < 1.29 is 23.8 Å². The number of aryl methyl sites for hydroxylation is 1. The van der Waals surface area contributed by atoms with Crippen LogP contribution in [0.5, 0.6) is 11.5 Å². The molecule has 0 saturated carbocycles. The van der Waals surface area contributed by atoms with E-state index in [0.29, 0.717) is 16.3 Å². The van der Waals surface area contributed by atoms with E-state index in [1.54, 1.807) is 13.0 Å². The third-order valence-electron chi connectivity index (χ3n) is 4.01. The first-order chi connectivity index (χ1) is 13.7. The number of halogens is 3. The van der Waals surface area contributed by atoms with Gasteiger partial charge in [-0.3, -0.25) is 4.79 Å². The molecule has 0 aliphatic rings. The minimum absolute atomic E-state index is 0.0493. The average Bonchev–Trinajstić information content (AvgIpc) is 2.67. The Hall–Kier alpha value is -3.09. The summed E-state index contributed by atoms with van der Waals surface area (Å²) in [7, 11) is 0. The summed E-state index contributed by atoms with van der Waals surface area (Å²) in [5.74, 6) is -1.75. The van der Waals surface area contributed by atoms with E-state index in [9.17, 15) is 14.0 Å². The van der Waals surface area contributed by atoms with Gasteiger partial charge in [0.05, 0.1) is 16.1 Å². The Bertz CT molecular complexity index is 1100. The molecule has 0 spiro atoms. The normalized spacial score (nSPS) is 10.5. The van der Waals surface area contributed by atoms with E-state index < -0.39 is 17.7 Å². The quantitative estimate of drug-likeness (QED) is 0.503. The number of carboxylic acids is 1. The predicted octanol–water partition coefficient (Wildman–Crippen LogP) is 6.18. The van der Waals surface area contributed by atoms with Gasteiger partial charge in [-0.25, -0.2) is 9.18 Å².